The normalized spacial score (nSPS) is 14.6. The molecule has 0 fully saturated rings. The van der Waals surface area contributed by atoms with Gasteiger partial charge >= 0.3 is 0 Å². The molecular formula is C50H95N2O6P. The highest BCUT2D eigenvalue weighted by atomic mass is 31.2. The van der Waals surface area contributed by atoms with Crippen LogP contribution in [0.3, 0.4) is 0 Å². The first-order valence-corrected chi connectivity index (χ1v) is 26.0. The van der Waals surface area contributed by atoms with E-state index in [1.807, 2.05) is 27.2 Å². The van der Waals surface area contributed by atoms with Crippen LogP contribution in [-0.4, -0.2) is 68.5 Å². The van der Waals surface area contributed by atoms with Crippen LogP contribution in [0.1, 0.15) is 213 Å². The number of phosphoric ester groups is 1. The predicted molar refractivity (Wildman–Crippen MR) is 251 cm³/mol. The second kappa shape index (κ2) is 41.8. The Kier molecular flexibility index (Phi) is 40.7. The summed E-state index contributed by atoms with van der Waals surface area (Å²) in [6, 6.07) is -0.908. The van der Waals surface area contributed by atoms with Gasteiger partial charge in [-0.25, -0.2) is 0 Å². The maximum absolute atomic E-state index is 12.9. The summed E-state index contributed by atoms with van der Waals surface area (Å²) >= 11 is 0. The molecule has 0 rings (SSSR count). The molecule has 0 aromatic carbocycles. The maximum Gasteiger partial charge on any atom is 0.268 e. The molecule has 3 unspecified atom stereocenters. The molecule has 346 valence electrons. The van der Waals surface area contributed by atoms with Crippen molar-refractivity contribution in [2.45, 2.75) is 225 Å². The Morgan fingerprint density at radius 2 is 0.966 bits per heavy atom. The van der Waals surface area contributed by atoms with E-state index in [1.54, 1.807) is 6.08 Å². The highest BCUT2D eigenvalue weighted by Gasteiger charge is 2.23. The molecule has 0 aromatic rings. The van der Waals surface area contributed by atoms with Crippen LogP contribution in [0.5, 0.6) is 0 Å². The summed E-state index contributed by atoms with van der Waals surface area (Å²) in [5.41, 5.74) is 0. The van der Waals surface area contributed by atoms with Crippen LogP contribution >= 0.6 is 7.82 Å². The first kappa shape index (κ1) is 57.5. The third-order valence-corrected chi connectivity index (χ3v) is 11.7. The van der Waals surface area contributed by atoms with Gasteiger partial charge in [0.05, 0.1) is 39.9 Å². The van der Waals surface area contributed by atoms with Gasteiger partial charge in [0.2, 0.25) is 5.91 Å². The molecular weight excluding hydrogens is 756 g/mol. The minimum Gasteiger partial charge on any atom is -0.756 e. The van der Waals surface area contributed by atoms with E-state index in [-0.39, 0.29) is 12.5 Å². The summed E-state index contributed by atoms with van der Waals surface area (Å²) in [4.78, 5) is 25.3. The molecule has 8 nitrogen and oxygen atoms in total. The van der Waals surface area contributed by atoms with Crippen LogP contribution in [0.2, 0.25) is 0 Å². The van der Waals surface area contributed by atoms with E-state index in [9.17, 15) is 19.4 Å². The fraction of sp³-hybridized carbons (Fsp3) is 0.820. The van der Waals surface area contributed by atoms with Crippen molar-refractivity contribution in [3.05, 3.63) is 48.6 Å². The number of hydrogen-bond donors (Lipinski definition) is 2. The number of nitrogens with one attached hydrogen (secondary N) is 1. The van der Waals surface area contributed by atoms with E-state index in [0.717, 1.165) is 51.4 Å². The predicted octanol–water partition coefficient (Wildman–Crippen LogP) is 13.4. The molecule has 0 radical (unpaired) electrons. The van der Waals surface area contributed by atoms with Crippen molar-refractivity contribution in [3.8, 4) is 0 Å². The molecule has 0 heterocycles. The molecule has 0 saturated carbocycles. The van der Waals surface area contributed by atoms with Gasteiger partial charge in [0, 0.05) is 6.42 Å². The lowest BCUT2D eigenvalue weighted by atomic mass is 10.0. The average Bonchev–Trinajstić information content (AvgIpc) is 3.19. The Morgan fingerprint density at radius 3 is 1.42 bits per heavy atom. The SMILES string of the molecule is CCCC/C=C/CC/C=C/CC/C=C/C(O)C(COP(=O)([O-])OCC[N+](C)(C)C)NC(=O)CCCCCCCCCCCCCCC/C=C\CCCCCCCCCC. The van der Waals surface area contributed by atoms with Crippen molar-refractivity contribution in [2.24, 2.45) is 0 Å². The van der Waals surface area contributed by atoms with Crippen LogP contribution in [0.4, 0.5) is 0 Å². The number of nitrogens with zero attached hydrogens (tertiary/aromatic N) is 1. The highest BCUT2D eigenvalue weighted by Crippen LogP contribution is 2.38. The summed E-state index contributed by atoms with van der Waals surface area (Å²) in [6.45, 7) is 4.57. The number of phosphoric acid groups is 1. The Hall–Kier alpha value is -1.54. The van der Waals surface area contributed by atoms with Crippen molar-refractivity contribution >= 4 is 13.7 Å². The smallest absolute Gasteiger partial charge is 0.268 e. The van der Waals surface area contributed by atoms with Gasteiger partial charge in [0.1, 0.15) is 13.2 Å². The maximum atomic E-state index is 12.9. The molecule has 1 amide bonds. The minimum absolute atomic E-state index is 0.00959. The second-order valence-corrected chi connectivity index (χ2v) is 19.2. The standard InChI is InChI=1S/C50H95N2O6P/c1-6-8-10-12-14-16-18-20-21-22-23-24-25-26-27-28-29-30-31-32-34-36-38-40-42-44-50(54)51-48(47-58-59(55,56)57-46-45-52(3,4)5)49(53)43-41-39-37-35-33-19-17-15-13-11-9-7-2/h13,15,22-23,33,35,41,43,48-49,53H,6-12,14,16-21,24-32,34,36-40,42,44-47H2,1-5H3,(H-,51,54,55,56)/b15-13+,23-22-,35-33+,43-41+. The number of hydrogen-bond acceptors (Lipinski definition) is 6. The quantitative estimate of drug-likeness (QED) is 0.0274. The number of aliphatic hydroxyl groups excluding tert-OH is 1. The van der Waals surface area contributed by atoms with Crippen LogP contribution in [0.25, 0.3) is 0 Å². The molecule has 0 aliphatic heterocycles. The summed E-state index contributed by atoms with van der Waals surface area (Å²) in [5, 5.41) is 13.7. The third kappa shape index (κ3) is 44.3. The number of carbonyl (C=O) groups is 1. The van der Waals surface area contributed by atoms with Crippen LogP contribution in [0.15, 0.2) is 48.6 Å². The zero-order valence-corrected chi connectivity index (χ0v) is 40.1. The van der Waals surface area contributed by atoms with Crippen LogP contribution < -0.4 is 10.2 Å². The molecule has 0 aliphatic carbocycles. The first-order chi connectivity index (χ1) is 28.5. The van der Waals surface area contributed by atoms with Gasteiger partial charge in [-0.3, -0.25) is 9.36 Å². The van der Waals surface area contributed by atoms with E-state index in [0.29, 0.717) is 17.4 Å². The summed E-state index contributed by atoms with van der Waals surface area (Å²) < 4.78 is 23.2. The molecule has 2 N–H and O–H groups in total. The second-order valence-electron chi connectivity index (χ2n) is 17.8. The average molecular weight is 851 g/mol. The van der Waals surface area contributed by atoms with E-state index < -0.39 is 26.6 Å². The lowest BCUT2D eigenvalue weighted by Crippen LogP contribution is -2.45. The topological polar surface area (TPSA) is 108 Å². The van der Waals surface area contributed by atoms with E-state index in [2.05, 4.69) is 55.6 Å². The molecule has 59 heavy (non-hydrogen) atoms. The van der Waals surface area contributed by atoms with Gasteiger partial charge in [0.15, 0.2) is 0 Å². The Balaban J connectivity index is 4.22. The molecule has 0 saturated heterocycles. The van der Waals surface area contributed by atoms with Gasteiger partial charge in [0.25, 0.3) is 7.82 Å². The van der Waals surface area contributed by atoms with Gasteiger partial charge in [-0.15, -0.1) is 0 Å². The molecule has 3 atom stereocenters. The largest absolute Gasteiger partial charge is 0.756 e. The number of unbranched alkanes of at least 4 members (excludes halogenated alkanes) is 25. The van der Waals surface area contributed by atoms with Gasteiger partial charge < -0.3 is 28.8 Å². The molecule has 0 aliphatic rings. The van der Waals surface area contributed by atoms with E-state index >= 15 is 0 Å². The van der Waals surface area contributed by atoms with Crippen molar-refractivity contribution in [3.63, 3.8) is 0 Å². The minimum atomic E-state index is -4.60. The number of likely N-dealkylation sites (N-methyl/N-ethyl adjacent to an activating group) is 1. The zero-order chi connectivity index (χ0) is 43.6. The number of aliphatic hydroxyl groups is 1. The van der Waals surface area contributed by atoms with E-state index in [1.165, 1.54) is 141 Å². The lowest BCUT2D eigenvalue weighted by molar-refractivity contribution is -0.870. The monoisotopic (exact) mass is 851 g/mol. The van der Waals surface area contributed by atoms with Crippen LogP contribution in [0, 0.1) is 0 Å². The molecule has 9 heteroatoms. The van der Waals surface area contributed by atoms with Crippen LogP contribution in [-0.2, 0) is 18.4 Å². The van der Waals surface area contributed by atoms with Crippen molar-refractivity contribution < 1.29 is 32.9 Å². The fourth-order valence-corrected chi connectivity index (χ4v) is 7.54. The third-order valence-electron chi connectivity index (χ3n) is 10.7. The van der Waals surface area contributed by atoms with E-state index in [4.69, 9.17) is 9.05 Å². The fourth-order valence-electron chi connectivity index (χ4n) is 6.81. The summed E-state index contributed by atoms with van der Waals surface area (Å²) in [6.07, 6.45) is 53.2. The van der Waals surface area contributed by atoms with Gasteiger partial charge in [-0.05, 0) is 64.2 Å². The number of rotatable bonds is 44. The van der Waals surface area contributed by atoms with Crippen molar-refractivity contribution in [1.29, 1.82) is 0 Å². The summed E-state index contributed by atoms with van der Waals surface area (Å²) in [5.74, 6) is -0.213. The van der Waals surface area contributed by atoms with Crippen molar-refractivity contribution in [1.82, 2.24) is 5.32 Å². The number of carbonyl (C=O) groups excluding carboxylic acids is 1. The number of quaternary nitrogens is 1. The zero-order valence-electron chi connectivity index (χ0n) is 39.2. The Labute approximate surface area is 365 Å². The van der Waals surface area contributed by atoms with Gasteiger partial charge in [-0.2, -0.15) is 0 Å². The Bertz CT molecular complexity index is 1100. The highest BCUT2D eigenvalue weighted by molar-refractivity contribution is 7.45. The molecule has 0 bridgehead atoms. The Morgan fingerprint density at radius 1 is 0.576 bits per heavy atom. The number of allylic oxidation sites excluding steroid dienone is 7. The van der Waals surface area contributed by atoms with Gasteiger partial charge in [-0.1, -0.05) is 191 Å². The first-order valence-electron chi connectivity index (χ1n) is 24.5. The number of amides is 1. The molecule has 0 aromatic heterocycles. The lowest BCUT2D eigenvalue weighted by Gasteiger charge is -2.29. The summed E-state index contributed by atoms with van der Waals surface area (Å²) in [7, 11) is 1.23. The van der Waals surface area contributed by atoms with Crippen molar-refractivity contribution in [2.75, 3.05) is 40.9 Å². The molecule has 0 spiro atoms.